The highest BCUT2D eigenvalue weighted by molar-refractivity contribution is 6.01. The zero-order valence-electron chi connectivity index (χ0n) is 19.3. The fourth-order valence-electron chi connectivity index (χ4n) is 4.30. The van der Waals surface area contributed by atoms with Crippen molar-refractivity contribution in [3.63, 3.8) is 0 Å². The van der Waals surface area contributed by atoms with E-state index in [4.69, 9.17) is 9.26 Å². The molecule has 0 unspecified atom stereocenters. The topological polar surface area (TPSA) is 129 Å². The molecule has 190 valence electrons. The standard InChI is InChI=1S/C24H17F3N4O6/c1-11-18(12(2)37-30-11)14-9-13(6-7-17(32)36-22(33)24(25,26)27)19-20-21(14)35-10-16(31(20)23(34)29-19)15-5-3-4-8-28-15/h3-9,16H,10H2,1-2H3,(H,29,34)/t16-/m1/s1. The number of carbonyl (C=O) groups is 2. The van der Waals surface area contributed by atoms with E-state index in [0.29, 0.717) is 45.6 Å². The Labute approximate surface area is 205 Å². The number of carbonyl (C=O) groups excluding carboxylic acids is 2. The number of nitrogens with zero attached hydrogens (tertiary/aromatic N) is 3. The molecule has 1 atom stereocenters. The summed E-state index contributed by atoms with van der Waals surface area (Å²) in [5.74, 6) is -3.37. The lowest BCUT2D eigenvalue weighted by molar-refractivity contribution is -0.200. The molecule has 37 heavy (non-hydrogen) atoms. The molecule has 5 rings (SSSR count). The van der Waals surface area contributed by atoms with Gasteiger partial charge in [0.2, 0.25) is 0 Å². The lowest BCUT2D eigenvalue weighted by Gasteiger charge is -2.26. The van der Waals surface area contributed by atoms with Crippen LogP contribution in [0, 0.1) is 13.8 Å². The minimum atomic E-state index is -5.33. The first-order valence-electron chi connectivity index (χ1n) is 10.9. The fourth-order valence-corrected chi connectivity index (χ4v) is 4.30. The highest BCUT2D eigenvalue weighted by Crippen LogP contribution is 2.44. The van der Waals surface area contributed by atoms with Gasteiger partial charge in [0.1, 0.15) is 23.9 Å². The molecule has 3 aromatic heterocycles. The van der Waals surface area contributed by atoms with Crippen molar-refractivity contribution >= 4 is 29.0 Å². The number of aryl methyl sites for hydroxylation is 2. The van der Waals surface area contributed by atoms with E-state index in [1.165, 1.54) is 4.57 Å². The molecule has 13 heteroatoms. The van der Waals surface area contributed by atoms with Crippen molar-refractivity contribution < 1.29 is 36.8 Å². The van der Waals surface area contributed by atoms with Gasteiger partial charge in [-0.2, -0.15) is 13.2 Å². The van der Waals surface area contributed by atoms with E-state index < -0.39 is 29.8 Å². The fraction of sp³-hybridized carbons (Fsp3) is 0.208. The number of rotatable bonds is 4. The van der Waals surface area contributed by atoms with Crippen LogP contribution in [0.3, 0.4) is 0 Å². The maximum atomic E-state index is 13.1. The van der Waals surface area contributed by atoms with Crippen LogP contribution < -0.4 is 10.4 Å². The van der Waals surface area contributed by atoms with Gasteiger partial charge >= 0.3 is 23.8 Å². The van der Waals surface area contributed by atoms with Crippen molar-refractivity contribution in [1.82, 2.24) is 19.7 Å². The van der Waals surface area contributed by atoms with Crippen LogP contribution in [0.2, 0.25) is 0 Å². The lowest BCUT2D eigenvalue weighted by Crippen LogP contribution is -2.31. The van der Waals surface area contributed by atoms with Crippen LogP contribution in [0.4, 0.5) is 13.2 Å². The Morgan fingerprint density at radius 1 is 1.27 bits per heavy atom. The highest BCUT2D eigenvalue weighted by atomic mass is 19.4. The van der Waals surface area contributed by atoms with Crippen LogP contribution in [-0.2, 0) is 14.3 Å². The molecule has 10 nitrogen and oxygen atoms in total. The number of hydrogen-bond acceptors (Lipinski definition) is 8. The van der Waals surface area contributed by atoms with Gasteiger partial charge in [0.15, 0.2) is 5.75 Å². The van der Waals surface area contributed by atoms with Gasteiger partial charge in [0.05, 0.1) is 22.5 Å². The van der Waals surface area contributed by atoms with Gasteiger partial charge in [0.25, 0.3) is 0 Å². The molecule has 0 radical (unpaired) electrons. The summed E-state index contributed by atoms with van der Waals surface area (Å²) >= 11 is 0. The monoisotopic (exact) mass is 514 g/mol. The summed E-state index contributed by atoms with van der Waals surface area (Å²) in [5.41, 5.74) is 2.52. The number of aromatic nitrogens is 4. The van der Waals surface area contributed by atoms with Crippen molar-refractivity contribution in [3.8, 4) is 16.9 Å². The van der Waals surface area contributed by atoms with E-state index in [1.54, 1.807) is 44.3 Å². The Morgan fingerprint density at radius 2 is 2.05 bits per heavy atom. The molecule has 1 aliphatic rings. The summed E-state index contributed by atoms with van der Waals surface area (Å²) < 4.78 is 54.1. The second kappa shape index (κ2) is 8.76. The summed E-state index contributed by atoms with van der Waals surface area (Å²) in [6.45, 7) is 3.49. The number of halogens is 3. The molecule has 4 aromatic rings. The molecule has 0 saturated carbocycles. The zero-order valence-corrected chi connectivity index (χ0v) is 19.3. The first-order chi connectivity index (χ1) is 17.6. The first-order valence-corrected chi connectivity index (χ1v) is 10.9. The number of ether oxygens (including phenoxy) is 2. The van der Waals surface area contributed by atoms with Crippen molar-refractivity contribution in [2.75, 3.05) is 6.61 Å². The minimum Gasteiger partial charge on any atom is -0.488 e. The van der Waals surface area contributed by atoms with Crippen LogP contribution in [-0.4, -0.2) is 44.4 Å². The predicted molar refractivity (Wildman–Crippen MR) is 122 cm³/mol. The van der Waals surface area contributed by atoms with Crippen molar-refractivity contribution in [3.05, 3.63) is 69.7 Å². The Morgan fingerprint density at radius 3 is 2.70 bits per heavy atom. The number of pyridine rings is 1. The Hall–Kier alpha value is -4.68. The Bertz CT molecular complexity index is 1610. The number of benzene rings is 1. The number of aromatic amines is 1. The predicted octanol–water partition coefficient (Wildman–Crippen LogP) is 3.62. The molecular formula is C24H17F3N4O6. The van der Waals surface area contributed by atoms with Crippen LogP contribution >= 0.6 is 0 Å². The number of imidazole rings is 1. The van der Waals surface area contributed by atoms with Gasteiger partial charge < -0.3 is 19.0 Å². The Balaban J connectivity index is 1.70. The van der Waals surface area contributed by atoms with E-state index in [1.807, 2.05) is 0 Å². The van der Waals surface area contributed by atoms with Gasteiger partial charge in [0, 0.05) is 23.4 Å². The average molecular weight is 514 g/mol. The van der Waals surface area contributed by atoms with Crippen LogP contribution in [0.5, 0.6) is 5.75 Å². The third-order valence-electron chi connectivity index (χ3n) is 5.83. The molecule has 1 aliphatic heterocycles. The number of alkyl halides is 3. The maximum absolute atomic E-state index is 13.1. The van der Waals surface area contributed by atoms with Gasteiger partial charge in [-0.05, 0) is 38.1 Å². The lowest BCUT2D eigenvalue weighted by atomic mass is 9.97. The molecule has 0 spiro atoms. The average Bonchev–Trinajstić information content (AvgIpc) is 3.38. The number of esters is 2. The maximum Gasteiger partial charge on any atom is 0.491 e. The van der Waals surface area contributed by atoms with Crippen molar-refractivity contribution in [2.24, 2.45) is 0 Å². The van der Waals surface area contributed by atoms with E-state index in [9.17, 15) is 27.6 Å². The molecule has 0 amide bonds. The minimum absolute atomic E-state index is 0.0916. The summed E-state index contributed by atoms with van der Waals surface area (Å²) in [4.78, 5) is 43.1. The van der Waals surface area contributed by atoms with Crippen LogP contribution in [0.1, 0.15) is 28.8 Å². The number of nitrogens with one attached hydrogen (secondary N) is 1. The summed E-state index contributed by atoms with van der Waals surface area (Å²) in [6.07, 6.45) is -1.95. The number of hydrogen-bond donors (Lipinski definition) is 1. The second-order valence-corrected chi connectivity index (χ2v) is 8.19. The van der Waals surface area contributed by atoms with Gasteiger partial charge in [-0.3, -0.25) is 9.55 Å². The van der Waals surface area contributed by atoms with Gasteiger partial charge in [-0.25, -0.2) is 14.4 Å². The van der Waals surface area contributed by atoms with Crippen molar-refractivity contribution in [2.45, 2.75) is 26.1 Å². The Kier molecular flexibility index (Phi) is 5.69. The smallest absolute Gasteiger partial charge is 0.488 e. The molecule has 0 bridgehead atoms. The summed E-state index contributed by atoms with van der Waals surface area (Å²) in [6, 6.07) is 6.24. The van der Waals surface area contributed by atoms with E-state index in [0.717, 1.165) is 6.08 Å². The van der Waals surface area contributed by atoms with E-state index in [-0.39, 0.29) is 17.7 Å². The van der Waals surface area contributed by atoms with E-state index in [2.05, 4.69) is 19.9 Å². The third kappa shape index (κ3) is 4.17. The molecule has 4 heterocycles. The summed E-state index contributed by atoms with van der Waals surface area (Å²) in [5, 5.41) is 3.96. The zero-order chi connectivity index (χ0) is 26.5. The van der Waals surface area contributed by atoms with Crippen LogP contribution in [0.15, 0.2) is 45.9 Å². The second-order valence-electron chi connectivity index (χ2n) is 8.19. The molecular weight excluding hydrogens is 497 g/mol. The van der Waals surface area contributed by atoms with Crippen LogP contribution in [0.25, 0.3) is 28.2 Å². The third-order valence-corrected chi connectivity index (χ3v) is 5.83. The SMILES string of the molecule is Cc1noc(C)c1-c1cc(C=CC(=O)OC(=O)C(F)(F)F)c2[nH]c(=O)n3c2c1OC[C@@H]3c1ccccn1. The normalized spacial score (nSPS) is 15.2. The molecule has 0 fully saturated rings. The van der Waals surface area contributed by atoms with Crippen molar-refractivity contribution in [1.29, 1.82) is 0 Å². The molecule has 1 N–H and O–H groups in total. The molecule has 0 aliphatic carbocycles. The highest BCUT2D eigenvalue weighted by Gasteiger charge is 2.42. The van der Waals surface area contributed by atoms with E-state index >= 15 is 0 Å². The van der Waals surface area contributed by atoms with Gasteiger partial charge in [-0.15, -0.1) is 0 Å². The largest absolute Gasteiger partial charge is 0.491 e. The number of H-pyrrole nitrogens is 1. The molecule has 0 saturated heterocycles. The van der Waals surface area contributed by atoms with Gasteiger partial charge in [-0.1, -0.05) is 11.2 Å². The first kappa shape index (κ1) is 24.0. The quantitative estimate of drug-likeness (QED) is 0.248. The summed E-state index contributed by atoms with van der Waals surface area (Å²) in [7, 11) is 0. The molecule has 1 aromatic carbocycles.